The summed E-state index contributed by atoms with van der Waals surface area (Å²) >= 11 is 0. The number of likely N-dealkylation sites (tertiary alicyclic amines) is 1. The second kappa shape index (κ2) is 9.90. The van der Waals surface area contributed by atoms with Gasteiger partial charge in [-0.15, -0.1) is 0 Å². The van der Waals surface area contributed by atoms with E-state index in [9.17, 15) is 4.79 Å². The van der Waals surface area contributed by atoms with Gasteiger partial charge < -0.3 is 14.7 Å². The fourth-order valence-electron chi connectivity index (χ4n) is 3.44. The zero-order valence-corrected chi connectivity index (χ0v) is 16.1. The third-order valence-electron chi connectivity index (χ3n) is 4.96. The van der Waals surface area contributed by atoms with Gasteiger partial charge in [0.05, 0.1) is 19.2 Å². The molecule has 2 aromatic carbocycles. The normalized spacial score (nSPS) is 17.5. The number of hydrogen-bond donors (Lipinski definition) is 1. The highest BCUT2D eigenvalue weighted by Gasteiger charge is 2.24. The van der Waals surface area contributed by atoms with E-state index in [1.54, 1.807) is 13.3 Å². The quantitative estimate of drug-likeness (QED) is 0.430. The molecule has 0 spiro atoms. The number of nitrogens with zero attached hydrogens (tertiary/aromatic N) is 2. The molecule has 0 radical (unpaired) electrons. The van der Waals surface area contributed by atoms with Crippen molar-refractivity contribution in [2.45, 2.75) is 12.8 Å². The lowest BCUT2D eigenvalue weighted by atomic mass is 9.98. The smallest absolute Gasteiger partial charge is 0.307 e. The Balaban J connectivity index is 1.56. The van der Waals surface area contributed by atoms with Crippen LogP contribution in [0.3, 0.4) is 0 Å². The number of aliphatic carboxylic acids is 1. The maximum Gasteiger partial charge on any atom is 0.307 e. The lowest BCUT2D eigenvalue weighted by Crippen LogP contribution is -2.40. The summed E-state index contributed by atoms with van der Waals surface area (Å²) in [5, 5.41) is 13.3. The van der Waals surface area contributed by atoms with Gasteiger partial charge in [0.2, 0.25) is 0 Å². The second-order valence-electron chi connectivity index (χ2n) is 6.86. The van der Waals surface area contributed by atoms with Gasteiger partial charge in [-0.25, -0.2) is 0 Å². The Labute approximate surface area is 165 Å². The molecule has 1 aliphatic heterocycles. The van der Waals surface area contributed by atoms with E-state index in [-0.39, 0.29) is 5.92 Å². The van der Waals surface area contributed by atoms with Gasteiger partial charge in [-0.05, 0) is 42.6 Å². The van der Waals surface area contributed by atoms with Crippen LogP contribution in [0.25, 0.3) is 11.1 Å². The highest BCUT2D eigenvalue weighted by molar-refractivity contribution is 5.90. The molecule has 148 valence electrons. The topological polar surface area (TPSA) is 71.4 Å². The average molecular weight is 382 g/mol. The summed E-state index contributed by atoms with van der Waals surface area (Å²) in [7, 11) is 1.65. The first kappa shape index (κ1) is 19.9. The van der Waals surface area contributed by atoms with Crippen molar-refractivity contribution in [3.05, 3.63) is 54.1 Å². The van der Waals surface area contributed by atoms with Gasteiger partial charge in [-0.3, -0.25) is 9.69 Å². The van der Waals surface area contributed by atoms with Crippen LogP contribution in [-0.4, -0.2) is 55.5 Å². The van der Waals surface area contributed by atoms with Crippen LogP contribution < -0.4 is 4.74 Å². The molecule has 1 saturated heterocycles. The first-order valence-corrected chi connectivity index (χ1v) is 9.51. The van der Waals surface area contributed by atoms with Crippen LogP contribution in [0.4, 0.5) is 0 Å². The van der Waals surface area contributed by atoms with Gasteiger partial charge in [-0.1, -0.05) is 41.6 Å². The maximum atomic E-state index is 11.1. The highest BCUT2D eigenvalue weighted by atomic mass is 16.6. The first-order chi connectivity index (χ1) is 13.7. The van der Waals surface area contributed by atoms with Gasteiger partial charge >= 0.3 is 5.97 Å². The number of carboxylic acids is 1. The van der Waals surface area contributed by atoms with Crippen LogP contribution in [0.5, 0.6) is 5.75 Å². The van der Waals surface area contributed by atoms with Crippen molar-refractivity contribution >= 4 is 12.2 Å². The number of hydrogen-bond acceptors (Lipinski definition) is 5. The summed E-state index contributed by atoms with van der Waals surface area (Å²) in [6.07, 6.45) is 3.38. The number of carboxylic acid groups (broad SMARTS) is 1. The Kier molecular flexibility index (Phi) is 7.03. The van der Waals surface area contributed by atoms with E-state index >= 15 is 0 Å². The summed E-state index contributed by atoms with van der Waals surface area (Å²) in [5.74, 6) is -0.175. The molecule has 0 aromatic heterocycles. The first-order valence-electron chi connectivity index (χ1n) is 9.51. The van der Waals surface area contributed by atoms with Crippen LogP contribution in [0.15, 0.2) is 53.7 Å². The van der Waals surface area contributed by atoms with E-state index in [0.717, 1.165) is 41.8 Å². The van der Waals surface area contributed by atoms with E-state index in [4.69, 9.17) is 14.7 Å². The number of rotatable bonds is 8. The Morgan fingerprint density at radius 2 is 2.14 bits per heavy atom. The molecule has 0 amide bonds. The number of ether oxygens (including phenoxy) is 1. The average Bonchev–Trinajstić information content (AvgIpc) is 2.74. The Bertz CT molecular complexity index is 822. The fourth-order valence-corrected chi connectivity index (χ4v) is 3.44. The predicted molar refractivity (Wildman–Crippen MR) is 109 cm³/mol. The SMILES string of the molecule is COc1cccc(-c2ccccc2C=NOCCN2CCCC(C(=O)O)C2)c1. The highest BCUT2D eigenvalue weighted by Crippen LogP contribution is 2.26. The molecular weight excluding hydrogens is 356 g/mol. The van der Waals surface area contributed by atoms with Gasteiger partial charge in [0.15, 0.2) is 0 Å². The summed E-state index contributed by atoms with van der Waals surface area (Å²) in [4.78, 5) is 18.7. The van der Waals surface area contributed by atoms with Crippen LogP contribution in [0, 0.1) is 5.92 Å². The third kappa shape index (κ3) is 5.33. The zero-order chi connectivity index (χ0) is 19.8. The fraction of sp³-hybridized carbons (Fsp3) is 0.364. The summed E-state index contributed by atoms with van der Waals surface area (Å²) in [6, 6.07) is 15.9. The van der Waals surface area contributed by atoms with Gasteiger partial charge in [0, 0.05) is 18.7 Å². The van der Waals surface area contributed by atoms with Gasteiger partial charge in [0.25, 0.3) is 0 Å². The lowest BCUT2D eigenvalue weighted by Gasteiger charge is -2.29. The standard InChI is InChI=1S/C22H26N2O4/c1-27-20-9-4-7-17(14-20)21-10-3-2-6-18(21)15-23-28-13-12-24-11-5-8-19(16-24)22(25)26/h2-4,6-7,9-10,14-15,19H,5,8,11-13,16H2,1H3,(H,25,26). The Hall–Kier alpha value is -2.86. The lowest BCUT2D eigenvalue weighted by molar-refractivity contribution is -0.143. The van der Waals surface area contributed by atoms with Crippen molar-refractivity contribution in [1.82, 2.24) is 4.90 Å². The van der Waals surface area contributed by atoms with Crippen molar-refractivity contribution in [2.75, 3.05) is 33.4 Å². The van der Waals surface area contributed by atoms with Crippen LogP contribution in [0.2, 0.25) is 0 Å². The molecule has 6 nitrogen and oxygen atoms in total. The number of methoxy groups -OCH3 is 1. The molecule has 1 unspecified atom stereocenters. The second-order valence-corrected chi connectivity index (χ2v) is 6.86. The van der Waals surface area contributed by atoms with E-state index in [1.165, 1.54) is 0 Å². The molecule has 1 N–H and O–H groups in total. The zero-order valence-electron chi connectivity index (χ0n) is 16.1. The minimum Gasteiger partial charge on any atom is -0.497 e. The van der Waals surface area contributed by atoms with Crippen LogP contribution in [-0.2, 0) is 9.63 Å². The van der Waals surface area contributed by atoms with Crippen molar-refractivity contribution in [3.8, 4) is 16.9 Å². The minimum atomic E-state index is -0.710. The molecule has 6 heteroatoms. The van der Waals surface area contributed by atoms with Crippen LogP contribution in [0.1, 0.15) is 18.4 Å². The molecular formula is C22H26N2O4. The van der Waals surface area contributed by atoms with Crippen molar-refractivity contribution in [3.63, 3.8) is 0 Å². The Morgan fingerprint density at radius 3 is 2.96 bits per heavy atom. The van der Waals surface area contributed by atoms with E-state index in [1.807, 2.05) is 48.5 Å². The minimum absolute atomic E-state index is 0.271. The number of piperidine rings is 1. The summed E-state index contributed by atoms with van der Waals surface area (Å²) in [5.41, 5.74) is 3.06. The molecule has 1 heterocycles. The van der Waals surface area contributed by atoms with E-state index in [0.29, 0.717) is 19.7 Å². The third-order valence-corrected chi connectivity index (χ3v) is 4.96. The molecule has 1 fully saturated rings. The molecule has 1 atom stereocenters. The number of carbonyl (C=O) groups is 1. The molecule has 3 rings (SSSR count). The Morgan fingerprint density at radius 1 is 1.29 bits per heavy atom. The van der Waals surface area contributed by atoms with Crippen molar-refractivity contribution in [1.29, 1.82) is 0 Å². The molecule has 1 aliphatic rings. The van der Waals surface area contributed by atoms with Gasteiger partial charge in [0.1, 0.15) is 12.4 Å². The van der Waals surface area contributed by atoms with E-state index < -0.39 is 5.97 Å². The van der Waals surface area contributed by atoms with Crippen molar-refractivity contribution < 1.29 is 19.5 Å². The number of oxime groups is 1. The van der Waals surface area contributed by atoms with Crippen molar-refractivity contribution in [2.24, 2.45) is 11.1 Å². The maximum absolute atomic E-state index is 11.1. The van der Waals surface area contributed by atoms with Gasteiger partial charge in [-0.2, -0.15) is 0 Å². The monoisotopic (exact) mass is 382 g/mol. The predicted octanol–water partition coefficient (Wildman–Crippen LogP) is 3.51. The molecule has 0 aliphatic carbocycles. The van der Waals surface area contributed by atoms with E-state index in [2.05, 4.69) is 10.1 Å². The number of benzene rings is 2. The molecule has 0 bridgehead atoms. The molecule has 2 aromatic rings. The van der Waals surface area contributed by atoms with Crippen LogP contribution >= 0.6 is 0 Å². The summed E-state index contributed by atoms with van der Waals surface area (Å²) in [6.45, 7) is 2.61. The molecule has 0 saturated carbocycles. The molecule has 28 heavy (non-hydrogen) atoms. The largest absolute Gasteiger partial charge is 0.497 e. The summed E-state index contributed by atoms with van der Waals surface area (Å²) < 4.78 is 5.31.